The van der Waals surface area contributed by atoms with E-state index in [-0.39, 0.29) is 53.8 Å². The summed E-state index contributed by atoms with van der Waals surface area (Å²) in [5.41, 5.74) is 5.71. The Morgan fingerprint density at radius 3 is 2.48 bits per heavy atom. The number of primary amides is 1. The molecule has 0 aliphatic carbocycles. The first kappa shape index (κ1) is 29.8. The number of rotatable bonds is 10. The van der Waals surface area contributed by atoms with E-state index < -0.39 is 40.1 Å². The number of amides is 3. The van der Waals surface area contributed by atoms with E-state index in [1.807, 2.05) is 0 Å². The van der Waals surface area contributed by atoms with Gasteiger partial charge in [-0.25, -0.2) is 9.59 Å². The zero-order valence-corrected chi connectivity index (χ0v) is 22.2. The summed E-state index contributed by atoms with van der Waals surface area (Å²) in [5, 5.41) is 12.8. The smallest absolute Gasteiger partial charge is 0.410 e. The number of likely N-dealkylation sites (tertiary alicyclic amines) is 1. The zero-order valence-electron chi connectivity index (χ0n) is 21.4. The third-order valence-corrected chi connectivity index (χ3v) is 6.76. The van der Waals surface area contributed by atoms with Crippen LogP contribution in [-0.4, -0.2) is 63.3 Å². The number of non-ortho nitro benzene ring substituents is 1. The molecule has 1 fully saturated rings. The van der Waals surface area contributed by atoms with E-state index in [9.17, 15) is 34.1 Å². The average Bonchev–Trinajstić information content (AvgIpc) is 3.33. The fraction of sp³-hybridized carbons (Fsp3) is 0.269. The van der Waals surface area contributed by atoms with Gasteiger partial charge in [-0.05, 0) is 42.3 Å². The molecule has 0 saturated carbocycles. The SMILES string of the molecule is C=CCOC(=O)c1ccc(C(N)=O)c(NC(=O)[C@@H]2C[C@H](SC(C)=O)CN2C(=O)OCc2ccc([N+](=O)[O-])cc2)c1. The van der Waals surface area contributed by atoms with E-state index in [1.54, 1.807) is 0 Å². The number of nitro groups is 1. The van der Waals surface area contributed by atoms with Gasteiger partial charge in [-0.3, -0.25) is 29.4 Å². The number of esters is 1. The van der Waals surface area contributed by atoms with E-state index in [0.717, 1.165) is 16.7 Å². The van der Waals surface area contributed by atoms with Gasteiger partial charge in [-0.2, -0.15) is 0 Å². The first-order chi connectivity index (χ1) is 19.0. The Morgan fingerprint density at radius 2 is 1.88 bits per heavy atom. The number of hydrogen-bond donors (Lipinski definition) is 2. The van der Waals surface area contributed by atoms with E-state index >= 15 is 0 Å². The van der Waals surface area contributed by atoms with Gasteiger partial charge in [-0.15, -0.1) is 0 Å². The number of ether oxygens (including phenoxy) is 2. The van der Waals surface area contributed by atoms with Crippen molar-refractivity contribution in [1.29, 1.82) is 0 Å². The van der Waals surface area contributed by atoms with Crippen LogP contribution >= 0.6 is 11.8 Å². The van der Waals surface area contributed by atoms with Gasteiger partial charge in [0.15, 0.2) is 5.12 Å². The highest BCUT2D eigenvalue weighted by atomic mass is 32.2. The Hall–Kier alpha value is -4.72. The normalized spacial score (nSPS) is 16.1. The molecule has 0 bridgehead atoms. The number of carbonyl (C=O) groups is 5. The van der Waals surface area contributed by atoms with Gasteiger partial charge in [0, 0.05) is 30.9 Å². The molecule has 0 aromatic heterocycles. The summed E-state index contributed by atoms with van der Waals surface area (Å²) in [6.07, 6.45) is 0.640. The van der Waals surface area contributed by atoms with Gasteiger partial charge in [-0.1, -0.05) is 24.4 Å². The number of nitrogens with one attached hydrogen (secondary N) is 1. The number of carbonyl (C=O) groups excluding carboxylic acids is 5. The molecule has 13 nitrogen and oxygen atoms in total. The van der Waals surface area contributed by atoms with Crippen LogP contribution in [0, 0.1) is 10.1 Å². The van der Waals surface area contributed by atoms with Crippen LogP contribution in [0.3, 0.4) is 0 Å². The molecule has 3 N–H and O–H groups in total. The van der Waals surface area contributed by atoms with Crippen LogP contribution in [0.15, 0.2) is 55.1 Å². The summed E-state index contributed by atoms with van der Waals surface area (Å²) in [4.78, 5) is 73.8. The first-order valence-corrected chi connectivity index (χ1v) is 12.7. The fourth-order valence-corrected chi connectivity index (χ4v) is 4.92. The molecule has 1 heterocycles. The third-order valence-electron chi connectivity index (χ3n) is 5.75. The third kappa shape index (κ3) is 7.66. The monoisotopic (exact) mass is 570 g/mol. The minimum atomic E-state index is -1.08. The van der Waals surface area contributed by atoms with Crippen molar-refractivity contribution >= 4 is 52.1 Å². The second-order valence-electron chi connectivity index (χ2n) is 8.61. The van der Waals surface area contributed by atoms with Crippen LogP contribution in [0.1, 0.15) is 39.6 Å². The molecule has 14 heteroatoms. The average molecular weight is 571 g/mol. The van der Waals surface area contributed by atoms with Crippen LogP contribution in [-0.2, 0) is 25.7 Å². The van der Waals surface area contributed by atoms with Crippen molar-refractivity contribution < 1.29 is 38.4 Å². The lowest BCUT2D eigenvalue weighted by Gasteiger charge is -2.23. The summed E-state index contributed by atoms with van der Waals surface area (Å²) in [5.74, 6) is -2.28. The molecule has 40 heavy (non-hydrogen) atoms. The summed E-state index contributed by atoms with van der Waals surface area (Å²) >= 11 is 0.976. The molecule has 2 atom stereocenters. The van der Waals surface area contributed by atoms with Gasteiger partial charge < -0.3 is 20.5 Å². The topological polar surface area (TPSA) is 188 Å². The molecular formula is C26H26N4O9S. The molecule has 0 radical (unpaired) electrons. The van der Waals surface area contributed by atoms with Crippen LogP contribution < -0.4 is 11.1 Å². The summed E-state index contributed by atoms with van der Waals surface area (Å²) < 4.78 is 10.3. The first-order valence-electron chi connectivity index (χ1n) is 11.9. The highest BCUT2D eigenvalue weighted by Crippen LogP contribution is 2.30. The Balaban J connectivity index is 1.80. The van der Waals surface area contributed by atoms with E-state index in [0.29, 0.717) is 5.56 Å². The molecule has 2 aromatic rings. The largest absolute Gasteiger partial charge is 0.458 e. The number of thioether (sulfide) groups is 1. The number of nitro benzene ring substituents is 1. The summed E-state index contributed by atoms with van der Waals surface area (Å²) in [6.45, 7) is 4.59. The van der Waals surface area contributed by atoms with E-state index in [4.69, 9.17) is 15.2 Å². The summed E-state index contributed by atoms with van der Waals surface area (Å²) in [6, 6.07) is 8.15. The molecule has 3 rings (SSSR count). The minimum Gasteiger partial charge on any atom is -0.458 e. The molecule has 1 aliphatic rings. The highest BCUT2D eigenvalue weighted by Gasteiger charge is 2.41. The van der Waals surface area contributed by atoms with Gasteiger partial charge in [0.2, 0.25) is 5.91 Å². The molecule has 0 spiro atoms. The van der Waals surface area contributed by atoms with Crippen molar-refractivity contribution in [2.24, 2.45) is 5.73 Å². The standard InChI is InChI=1S/C26H26N4O9S/c1-3-10-38-25(34)17-6-9-20(23(27)32)21(11-17)28-24(33)22-12-19(40-15(2)31)13-29(22)26(35)39-14-16-4-7-18(8-5-16)30(36)37/h3-9,11,19,22H,1,10,12-14H2,2H3,(H2,27,32)(H,28,33)/t19-,22-/m0/s1. The maximum atomic E-state index is 13.4. The Kier molecular flexibility index (Phi) is 9.97. The molecule has 1 aliphatic heterocycles. The number of anilines is 1. The van der Waals surface area contributed by atoms with Gasteiger partial charge >= 0.3 is 12.1 Å². The predicted molar refractivity (Wildman–Crippen MR) is 145 cm³/mol. The highest BCUT2D eigenvalue weighted by molar-refractivity contribution is 8.14. The number of nitrogens with zero attached hydrogens (tertiary/aromatic N) is 2. The lowest BCUT2D eigenvalue weighted by atomic mass is 10.1. The number of benzene rings is 2. The Labute approximate surface area is 232 Å². The fourth-order valence-electron chi connectivity index (χ4n) is 3.93. The van der Waals surface area contributed by atoms with Gasteiger partial charge in [0.05, 0.1) is 21.7 Å². The van der Waals surface area contributed by atoms with Crippen molar-refractivity contribution in [2.75, 3.05) is 18.5 Å². The van der Waals surface area contributed by atoms with Crippen LogP contribution in [0.25, 0.3) is 0 Å². The Bertz CT molecular complexity index is 1350. The number of nitrogens with two attached hydrogens (primary N) is 1. The van der Waals surface area contributed by atoms with Crippen LogP contribution in [0.5, 0.6) is 0 Å². The quantitative estimate of drug-likeness (QED) is 0.186. The molecule has 0 unspecified atom stereocenters. The Morgan fingerprint density at radius 1 is 1.18 bits per heavy atom. The van der Waals surface area contributed by atoms with Crippen molar-refractivity contribution in [2.45, 2.75) is 31.2 Å². The van der Waals surface area contributed by atoms with Gasteiger partial charge in [0.25, 0.3) is 11.6 Å². The van der Waals surface area contributed by atoms with Crippen LogP contribution in [0.4, 0.5) is 16.2 Å². The lowest BCUT2D eigenvalue weighted by Crippen LogP contribution is -2.43. The van der Waals surface area contributed by atoms with Gasteiger partial charge in [0.1, 0.15) is 19.3 Å². The second kappa shape index (κ2) is 13.4. The minimum absolute atomic E-state index is 0.0258. The van der Waals surface area contributed by atoms with Crippen molar-refractivity contribution in [1.82, 2.24) is 4.90 Å². The molecule has 1 saturated heterocycles. The number of hydrogen-bond acceptors (Lipinski definition) is 10. The molecule has 3 amide bonds. The van der Waals surface area contributed by atoms with Crippen molar-refractivity contribution in [3.8, 4) is 0 Å². The van der Waals surface area contributed by atoms with Crippen molar-refractivity contribution in [3.63, 3.8) is 0 Å². The lowest BCUT2D eigenvalue weighted by molar-refractivity contribution is -0.384. The molecule has 2 aromatic carbocycles. The maximum absolute atomic E-state index is 13.4. The maximum Gasteiger partial charge on any atom is 0.410 e. The molecule has 210 valence electrons. The second-order valence-corrected chi connectivity index (χ2v) is 10.1. The van der Waals surface area contributed by atoms with E-state index in [1.165, 1.54) is 55.5 Å². The van der Waals surface area contributed by atoms with E-state index in [2.05, 4.69) is 11.9 Å². The predicted octanol–water partition coefficient (Wildman–Crippen LogP) is 3.03. The van der Waals surface area contributed by atoms with Crippen molar-refractivity contribution in [3.05, 3.63) is 81.9 Å². The van der Waals surface area contributed by atoms with Crippen LogP contribution in [0.2, 0.25) is 0 Å². The zero-order chi connectivity index (χ0) is 29.4. The molecular weight excluding hydrogens is 544 g/mol. The summed E-state index contributed by atoms with van der Waals surface area (Å²) in [7, 11) is 0.